The molecule has 0 aliphatic carbocycles. The Morgan fingerprint density at radius 2 is 1.25 bits per heavy atom. The van der Waals surface area contributed by atoms with E-state index in [-0.39, 0.29) is 46.6 Å². The predicted octanol–water partition coefficient (Wildman–Crippen LogP) is 0.359. The van der Waals surface area contributed by atoms with Gasteiger partial charge < -0.3 is 0 Å². The Labute approximate surface area is 59.9 Å². The van der Waals surface area contributed by atoms with Gasteiger partial charge in [-0.3, -0.25) is 4.57 Å². The predicted molar refractivity (Wildman–Crippen MR) is 13.4 cm³/mol. The molecule has 0 atom stereocenters. The summed E-state index contributed by atoms with van der Waals surface area (Å²) in [6.45, 7) is 0. The fourth-order valence-corrected chi connectivity index (χ4v) is 0. The largest absolute Gasteiger partial charge is 0.261 e. The van der Waals surface area contributed by atoms with E-state index in [1.807, 2.05) is 0 Å². The minimum Gasteiger partial charge on any atom is -0.261 e. The Morgan fingerprint density at radius 3 is 1.25 bits per heavy atom. The van der Waals surface area contributed by atoms with Gasteiger partial charge in [0.1, 0.15) is 0 Å². The smallest absolute Gasteiger partial charge is 0.261 e. The van der Waals surface area contributed by atoms with Gasteiger partial charge in [-0.05, 0) is 0 Å². The van der Waals surface area contributed by atoms with Crippen molar-refractivity contribution >= 4 is 38.7 Å². The van der Waals surface area contributed by atoms with E-state index in [4.69, 9.17) is 4.57 Å². The van der Waals surface area contributed by atoms with Crippen LogP contribution >= 0.6 is 9.12 Å². The van der Waals surface area contributed by atoms with E-state index >= 15 is 0 Å². The van der Waals surface area contributed by atoms with Crippen molar-refractivity contribution in [1.82, 2.24) is 0 Å². The van der Waals surface area contributed by atoms with Gasteiger partial charge in [0.15, 0.2) is 0 Å². The van der Waals surface area contributed by atoms with Gasteiger partial charge in [0.05, 0.1) is 0 Å². The van der Waals surface area contributed by atoms with E-state index in [1.54, 1.807) is 0 Å². The minimum atomic E-state index is 0. The van der Waals surface area contributed by atoms with Gasteiger partial charge in [0.2, 0.25) is 0 Å². The van der Waals surface area contributed by atoms with E-state index in [0.717, 1.165) is 0 Å². The van der Waals surface area contributed by atoms with E-state index < -0.39 is 0 Å². The van der Waals surface area contributed by atoms with Crippen molar-refractivity contribution in [1.29, 1.82) is 0 Å². The molecule has 0 aliphatic heterocycles. The third-order valence-electron chi connectivity index (χ3n) is 0. The Morgan fingerprint density at radius 1 is 1.25 bits per heavy atom. The average molecular weight is 126 g/mol. The molecule has 0 unspecified atom stereocenters. The van der Waals surface area contributed by atoms with E-state index in [1.165, 1.54) is 0 Å². The molecule has 4 heteroatoms. The van der Waals surface area contributed by atoms with Crippen LogP contribution in [0.25, 0.3) is 0 Å². The van der Waals surface area contributed by atoms with Crippen LogP contribution in [0, 0.1) is 0 Å². The van der Waals surface area contributed by atoms with Crippen LogP contribution in [-0.2, 0) is 21.6 Å². The molecule has 0 N–H and O–H groups in total. The monoisotopic (exact) mass is 126 g/mol. The Bertz CT molecular complexity index is 8.00. The Balaban J connectivity index is -0.00000000500. The van der Waals surface area contributed by atoms with Crippen LogP contribution in [0.15, 0.2) is 0 Å². The molecule has 0 aromatic heterocycles. The normalized spacial score (nSPS) is 1.00. The van der Waals surface area contributed by atoms with E-state index in [0.29, 0.717) is 0 Å². The van der Waals surface area contributed by atoms with Crippen LogP contribution in [-0.4, -0.2) is 29.6 Å². The first-order valence-electron chi connectivity index (χ1n) is 0.183. The van der Waals surface area contributed by atoms with Crippen molar-refractivity contribution < 1.29 is 21.6 Å². The maximum atomic E-state index is 7.94. The first-order valence-corrected chi connectivity index (χ1v) is 0.548. The molecule has 2 radical (unpaired) electrons. The molecule has 0 rings (SSSR count). The Kier molecular flexibility index (Phi) is 101. The summed E-state index contributed by atoms with van der Waals surface area (Å²) in [6.07, 6.45) is 0. The maximum absolute atomic E-state index is 7.94. The molecule has 4 heavy (non-hydrogen) atoms. The van der Waals surface area contributed by atoms with E-state index in [2.05, 4.69) is 9.12 Å². The molecule has 0 saturated heterocycles. The third kappa shape index (κ3) is 9.47. The maximum Gasteiger partial charge on any atom is 0.261 e. The Hall–Kier alpha value is 1.62. The SMILES string of the molecule is O=[P].[Fe].[Na]. The third-order valence-corrected chi connectivity index (χ3v) is 0. The molecule has 0 aromatic carbocycles. The molecule has 0 fully saturated rings. The van der Waals surface area contributed by atoms with Crippen molar-refractivity contribution in [2.24, 2.45) is 0 Å². The quantitative estimate of drug-likeness (QED) is 0.338. The fourth-order valence-electron chi connectivity index (χ4n) is 0. The first-order chi connectivity index (χ1) is 1.00. The average Bonchev–Trinajstić information content (AvgIpc) is 1.00. The summed E-state index contributed by atoms with van der Waals surface area (Å²) in [5.74, 6) is 0. The molecule has 1 nitrogen and oxygen atoms in total. The second kappa shape index (κ2) is 23.1. The van der Waals surface area contributed by atoms with E-state index in [9.17, 15) is 0 Å². The summed E-state index contributed by atoms with van der Waals surface area (Å²) in [4.78, 5) is 0. The number of rotatable bonds is 0. The van der Waals surface area contributed by atoms with Gasteiger partial charge in [0, 0.05) is 46.6 Å². The standard InChI is InChI=1S/Fe.Na.OP/c;;1-2. The van der Waals surface area contributed by atoms with Crippen molar-refractivity contribution in [3.63, 3.8) is 0 Å². The zero-order valence-electron chi connectivity index (χ0n) is 2.21. The summed E-state index contributed by atoms with van der Waals surface area (Å²) in [5.41, 5.74) is 0. The summed E-state index contributed by atoms with van der Waals surface area (Å²) >= 11 is 0. The minimum absolute atomic E-state index is 0. The molecule has 0 spiro atoms. The summed E-state index contributed by atoms with van der Waals surface area (Å²) in [5, 5.41) is 0. The molecular formula is FeNaOP. The number of hydrogen-bond acceptors (Lipinski definition) is 1. The van der Waals surface area contributed by atoms with Crippen molar-refractivity contribution in [2.75, 3.05) is 0 Å². The van der Waals surface area contributed by atoms with Crippen LogP contribution in [0.1, 0.15) is 0 Å². The van der Waals surface area contributed by atoms with Crippen LogP contribution in [0.2, 0.25) is 0 Å². The van der Waals surface area contributed by atoms with Gasteiger partial charge in [0.25, 0.3) is 9.12 Å². The molecule has 0 saturated carbocycles. The second-order valence-electron chi connectivity index (χ2n) is 0. The van der Waals surface area contributed by atoms with Crippen molar-refractivity contribution in [3.8, 4) is 0 Å². The van der Waals surface area contributed by atoms with Crippen LogP contribution in [0.4, 0.5) is 0 Å². The van der Waals surface area contributed by atoms with Gasteiger partial charge in [-0.15, -0.1) is 0 Å². The van der Waals surface area contributed by atoms with Gasteiger partial charge in [-0.1, -0.05) is 0 Å². The van der Waals surface area contributed by atoms with Crippen LogP contribution < -0.4 is 0 Å². The fraction of sp³-hybridized carbons (Fsp3) is 0. The van der Waals surface area contributed by atoms with Crippen molar-refractivity contribution in [2.45, 2.75) is 0 Å². The molecule has 0 heterocycles. The zero-order valence-corrected chi connectivity index (χ0v) is 6.21. The molecule has 0 aliphatic rings. The number of hydrogen-bond donors (Lipinski definition) is 0. The topological polar surface area (TPSA) is 17.1 Å². The van der Waals surface area contributed by atoms with Gasteiger partial charge >= 0.3 is 0 Å². The van der Waals surface area contributed by atoms with Crippen LogP contribution in [0.5, 0.6) is 0 Å². The zero-order chi connectivity index (χ0) is 2.00. The molecule has 20 valence electrons. The summed E-state index contributed by atoms with van der Waals surface area (Å²) in [7, 11) is 2.28. The van der Waals surface area contributed by atoms with Crippen molar-refractivity contribution in [3.05, 3.63) is 0 Å². The van der Waals surface area contributed by atoms with Gasteiger partial charge in [-0.2, -0.15) is 0 Å². The molecule has 0 bridgehead atoms. The molecule has 0 amide bonds. The molecule has 0 aromatic rings. The molecular weight excluding hydrogens is 126 g/mol. The second-order valence-corrected chi connectivity index (χ2v) is 0. The van der Waals surface area contributed by atoms with Gasteiger partial charge in [-0.25, -0.2) is 0 Å². The van der Waals surface area contributed by atoms with Crippen LogP contribution in [0.3, 0.4) is 0 Å². The summed E-state index contributed by atoms with van der Waals surface area (Å²) < 4.78 is 7.94. The summed E-state index contributed by atoms with van der Waals surface area (Å²) in [6, 6.07) is 0. The first kappa shape index (κ1) is 17.5.